The molecule has 138 valence electrons. The van der Waals surface area contributed by atoms with Crippen LogP contribution in [-0.2, 0) is 23.1 Å². The minimum absolute atomic E-state index is 0.113. The maximum Gasteiger partial charge on any atom is 0.238 e. The van der Waals surface area contributed by atoms with Crippen molar-refractivity contribution < 1.29 is 8.42 Å². The summed E-state index contributed by atoms with van der Waals surface area (Å²) >= 11 is 0. The number of sulfonamides is 1. The number of hydrogen-bond donors (Lipinski definition) is 2. The van der Waals surface area contributed by atoms with Crippen molar-refractivity contribution in [2.24, 2.45) is 5.14 Å². The van der Waals surface area contributed by atoms with E-state index in [1.807, 2.05) is 0 Å². The molecular weight excluding hydrogens is 358 g/mol. The van der Waals surface area contributed by atoms with Gasteiger partial charge in [-0.25, -0.2) is 13.6 Å². The second kappa shape index (κ2) is 6.72. The number of anilines is 1. The van der Waals surface area contributed by atoms with Crippen LogP contribution < -0.4 is 10.5 Å². The highest BCUT2D eigenvalue weighted by atomic mass is 32.2. The SMILES string of the molecule is CCn1c2ccccc2c2cc(CNc3ccc(S(N)(=O)=O)cc3)ccc21. The smallest absolute Gasteiger partial charge is 0.238 e. The summed E-state index contributed by atoms with van der Waals surface area (Å²) in [5, 5.41) is 11.0. The van der Waals surface area contributed by atoms with Crippen molar-refractivity contribution >= 4 is 37.5 Å². The minimum atomic E-state index is -3.66. The topological polar surface area (TPSA) is 77.1 Å². The van der Waals surface area contributed by atoms with Crippen LogP contribution in [-0.4, -0.2) is 13.0 Å². The minimum Gasteiger partial charge on any atom is -0.381 e. The predicted molar refractivity (Wildman–Crippen MR) is 110 cm³/mol. The molecule has 0 aliphatic rings. The molecule has 0 bridgehead atoms. The van der Waals surface area contributed by atoms with Crippen molar-refractivity contribution in [2.75, 3.05) is 5.32 Å². The van der Waals surface area contributed by atoms with Crippen molar-refractivity contribution in [3.63, 3.8) is 0 Å². The van der Waals surface area contributed by atoms with Crippen LogP contribution in [0.5, 0.6) is 0 Å². The lowest BCUT2D eigenvalue weighted by atomic mass is 10.1. The standard InChI is InChI=1S/C21H21N3O2S/c1-2-24-20-6-4-3-5-18(20)19-13-15(7-12-21(19)24)14-23-16-8-10-17(11-9-16)27(22,25)26/h3-13,23H,2,14H2,1H3,(H2,22,25,26). The zero-order valence-corrected chi connectivity index (χ0v) is 15.8. The molecule has 0 saturated carbocycles. The number of benzene rings is 3. The number of nitrogens with zero attached hydrogens (tertiary/aromatic N) is 1. The van der Waals surface area contributed by atoms with Gasteiger partial charge in [-0.05, 0) is 55.0 Å². The first-order chi connectivity index (χ1) is 13.0. The van der Waals surface area contributed by atoms with E-state index >= 15 is 0 Å². The molecule has 0 aliphatic heterocycles. The summed E-state index contributed by atoms with van der Waals surface area (Å²) < 4.78 is 25.0. The lowest BCUT2D eigenvalue weighted by molar-refractivity contribution is 0.598. The van der Waals surface area contributed by atoms with E-state index in [0.29, 0.717) is 6.54 Å². The fourth-order valence-corrected chi connectivity index (χ4v) is 4.03. The van der Waals surface area contributed by atoms with Crippen LogP contribution in [0.3, 0.4) is 0 Å². The van der Waals surface area contributed by atoms with E-state index in [0.717, 1.165) is 17.8 Å². The first-order valence-electron chi connectivity index (χ1n) is 8.84. The third-order valence-electron chi connectivity index (χ3n) is 4.83. The maximum atomic E-state index is 11.3. The van der Waals surface area contributed by atoms with Crippen molar-refractivity contribution in [2.45, 2.75) is 24.9 Å². The number of hydrogen-bond acceptors (Lipinski definition) is 3. The van der Waals surface area contributed by atoms with Gasteiger partial charge in [0.2, 0.25) is 10.0 Å². The van der Waals surface area contributed by atoms with Crippen molar-refractivity contribution in [1.29, 1.82) is 0 Å². The third kappa shape index (κ3) is 3.29. The number of nitrogens with two attached hydrogens (primary N) is 1. The molecule has 0 fully saturated rings. The van der Waals surface area contributed by atoms with Gasteiger partial charge in [-0.2, -0.15) is 0 Å². The van der Waals surface area contributed by atoms with Gasteiger partial charge in [-0.3, -0.25) is 0 Å². The van der Waals surface area contributed by atoms with Gasteiger partial charge in [0.15, 0.2) is 0 Å². The monoisotopic (exact) mass is 379 g/mol. The number of aromatic nitrogens is 1. The van der Waals surface area contributed by atoms with Gasteiger partial charge in [0, 0.05) is 40.6 Å². The van der Waals surface area contributed by atoms with Crippen LogP contribution in [0.4, 0.5) is 5.69 Å². The highest BCUT2D eigenvalue weighted by Gasteiger charge is 2.10. The Bertz CT molecular complexity index is 1230. The number of fused-ring (bicyclic) bond motifs is 3. The van der Waals surface area contributed by atoms with Crippen LogP contribution in [0.15, 0.2) is 71.6 Å². The number of para-hydroxylation sites is 1. The predicted octanol–water partition coefficient (Wildman–Crippen LogP) is 4.07. The number of nitrogens with one attached hydrogen (secondary N) is 1. The number of aryl methyl sites for hydroxylation is 1. The highest BCUT2D eigenvalue weighted by Crippen LogP contribution is 2.29. The summed E-state index contributed by atoms with van der Waals surface area (Å²) in [4.78, 5) is 0.113. The molecule has 0 radical (unpaired) electrons. The molecule has 0 amide bonds. The summed E-state index contributed by atoms with van der Waals surface area (Å²) in [6.45, 7) is 3.74. The second-order valence-electron chi connectivity index (χ2n) is 6.54. The Morgan fingerprint density at radius 3 is 2.33 bits per heavy atom. The third-order valence-corrected chi connectivity index (χ3v) is 5.76. The van der Waals surface area contributed by atoms with Crippen LogP contribution >= 0.6 is 0 Å². The molecule has 6 heteroatoms. The van der Waals surface area contributed by atoms with Crippen molar-refractivity contribution in [3.8, 4) is 0 Å². The first kappa shape index (κ1) is 17.6. The number of rotatable bonds is 5. The molecule has 1 heterocycles. The molecule has 4 rings (SSSR count). The molecule has 5 nitrogen and oxygen atoms in total. The molecule has 0 spiro atoms. The zero-order valence-electron chi connectivity index (χ0n) is 15.0. The van der Waals surface area contributed by atoms with E-state index in [2.05, 4.69) is 59.3 Å². The number of primary sulfonamides is 1. The normalized spacial score (nSPS) is 11.9. The van der Waals surface area contributed by atoms with Gasteiger partial charge in [0.25, 0.3) is 0 Å². The summed E-state index contributed by atoms with van der Waals surface area (Å²) in [5.74, 6) is 0. The summed E-state index contributed by atoms with van der Waals surface area (Å²) in [7, 11) is -3.66. The van der Waals surface area contributed by atoms with Gasteiger partial charge in [0.1, 0.15) is 0 Å². The first-order valence-corrected chi connectivity index (χ1v) is 10.4. The molecule has 1 aromatic heterocycles. The van der Waals surface area contributed by atoms with Gasteiger partial charge < -0.3 is 9.88 Å². The molecule has 0 atom stereocenters. The Hall–Kier alpha value is -2.83. The van der Waals surface area contributed by atoms with E-state index in [4.69, 9.17) is 5.14 Å². The fourth-order valence-electron chi connectivity index (χ4n) is 3.52. The Kier molecular flexibility index (Phi) is 4.37. The van der Waals surface area contributed by atoms with Crippen molar-refractivity contribution in [1.82, 2.24) is 4.57 Å². The molecule has 3 N–H and O–H groups in total. The molecule has 27 heavy (non-hydrogen) atoms. The molecule has 3 aromatic carbocycles. The average Bonchev–Trinajstić information content (AvgIpc) is 2.99. The molecule has 0 saturated heterocycles. The zero-order chi connectivity index (χ0) is 19.0. The lowest BCUT2D eigenvalue weighted by Crippen LogP contribution is -2.12. The average molecular weight is 379 g/mol. The van der Waals surface area contributed by atoms with E-state index < -0.39 is 10.0 Å². The Balaban J connectivity index is 1.62. The Morgan fingerprint density at radius 2 is 1.63 bits per heavy atom. The fraction of sp³-hybridized carbons (Fsp3) is 0.143. The van der Waals surface area contributed by atoms with E-state index in [9.17, 15) is 8.42 Å². The van der Waals surface area contributed by atoms with Gasteiger partial charge in [-0.1, -0.05) is 24.3 Å². The van der Waals surface area contributed by atoms with E-state index in [-0.39, 0.29) is 4.90 Å². The Labute approximate surface area is 158 Å². The molecule has 0 unspecified atom stereocenters. The van der Waals surface area contributed by atoms with Crippen LogP contribution in [0, 0.1) is 0 Å². The van der Waals surface area contributed by atoms with Gasteiger partial charge in [-0.15, -0.1) is 0 Å². The highest BCUT2D eigenvalue weighted by molar-refractivity contribution is 7.89. The molecule has 0 aliphatic carbocycles. The van der Waals surface area contributed by atoms with Crippen LogP contribution in [0.25, 0.3) is 21.8 Å². The molecule has 4 aromatic rings. The van der Waals surface area contributed by atoms with E-state index in [1.165, 1.54) is 33.9 Å². The second-order valence-corrected chi connectivity index (χ2v) is 8.10. The summed E-state index contributed by atoms with van der Waals surface area (Å²) in [6, 6.07) is 21.4. The van der Waals surface area contributed by atoms with Gasteiger partial charge in [0.05, 0.1) is 4.90 Å². The quantitative estimate of drug-likeness (QED) is 0.549. The maximum absolute atomic E-state index is 11.3. The van der Waals surface area contributed by atoms with Crippen molar-refractivity contribution in [3.05, 3.63) is 72.3 Å². The largest absolute Gasteiger partial charge is 0.381 e. The molecular formula is C21H21N3O2S. The Morgan fingerprint density at radius 1 is 0.926 bits per heavy atom. The van der Waals surface area contributed by atoms with Crippen LogP contribution in [0.1, 0.15) is 12.5 Å². The van der Waals surface area contributed by atoms with E-state index in [1.54, 1.807) is 12.1 Å². The summed E-state index contributed by atoms with van der Waals surface area (Å²) in [6.07, 6.45) is 0. The summed E-state index contributed by atoms with van der Waals surface area (Å²) in [5.41, 5.74) is 4.49. The lowest BCUT2D eigenvalue weighted by Gasteiger charge is -2.08. The van der Waals surface area contributed by atoms with Gasteiger partial charge >= 0.3 is 0 Å². The van der Waals surface area contributed by atoms with Crippen LogP contribution in [0.2, 0.25) is 0 Å².